The topological polar surface area (TPSA) is 46.3 Å². The maximum absolute atomic E-state index is 12.8. The molecule has 1 amide bonds. The second-order valence-electron chi connectivity index (χ2n) is 4.97. The molecule has 20 heavy (non-hydrogen) atoms. The van der Waals surface area contributed by atoms with Crippen LogP contribution in [0.25, 0.3) is 0 Å². The molecule has 1 aliphatic heterocycles. The van der Waals surface area contributed by atoms with Gasteiger partial charge in [0.15, 0.2) is 0 Å². The van der Waals surface area contributed by atoms with Gasteiger partial charge in [-0.3, -0.25) is 4.79 Å². The minimum Gasteiger partial charge on any atom is -0.397 e. The molecule has 0 saturated carbocycles. The largest absolute Gasteiger partial charge is 0.397 e. The van der Waals surface area contributed by atoms with Crippen LogP contribution in [0.2, 0.25) is 0 Å². The lowest BCUT2D eigenvalue weighted by atomic mass is 10.1. The summed E-state index contributed by atoms with van der Waals surface area (Å²) in [4.78, 5) is 14.6. The lowest BCUT2D eigenvalue weighted by molar-refractivity contribution is 0.0989. The summed E-state index contributed by atoms with van der Waals surface area (Å²) < 4.78 is 0.948. The highest BCUT2D eigenvalue weighted by Gasteiger charge is 2.28. The van der Waals surface area contributed by atoms with Crippen molar-refractivity contribution >= 4 is 33.2 Å². The molecule has 0 atom stereocenters. The van der Waals surface area contributed by atoms with Crippen LogP contribution in [-0.2, 0) is 6.42 Å². The number of fused-ring (bicyclic) bond motifs is 1. The van der Waals surface area contributed by atoms with Crippen LogP contribution in [0.5, 0.6) is 0 Å². The van der Waals surface area contributed by atoms with Crippen molar-refractivity contribution in [1.82, 2.24) is 0 Å². The number of halogens is 1. The van der Waals surface area contributed by atoms with Crippen molar-refractivity contribution in [3.05, 3.63) is 57.6 Å². The average Bonchev–Trinajstić information content (AvgIpc) is 2.86. The summed E-state index contributed by atoms with van der Waals surface area (Å²) in [6.45, 7) is 2.64. The third kappa shape index (κ3) is 2.00. The van der Waals surface area contributed by atoms with Crippen LogP contribution in [0.4, 0.5) is 11.4 Å². The van der Waals surface area contributed by atoms with Gasteiger partial charge in [0.2, 0.25) is 0 Å². The van der Waals surface area contributed by atoms with Gasteiger partial charge in [0.05, 0.1) is 11.4 Å². The predicted octanol–water partition coefficient (Wildman–Crippen LogP) is 3.54. The summed E-state index contributed by atoms with van der Waals surface area (Å²) in [6, 6.07) is 11.5. The van der Waals surface area contributed by atoms with Crippen LogP contribution in [0, 0.1) is 6.92 Å². The lowest BCUT2D eigenvalue weighted by Gasteiger charge is -2.20. The lowest BCUT2D eigenvalue weighted by Crippen LogP contribution is -2.30. The van der Waals surface area contributed by atoms with Gasteiger partial charge in [0.1, 0.15) is 0 Å². The first-order valence-electron chi connectivity index (χ1n) is 6.54. The van der Waals surface area contributed by atoms with Crippen LogP contribution in [0.1, 0.15) is 21.5 Å². The number of carbonyl (C=O) groups is 1. The fourth-order valence-corrected chi connectivity index (χ4v) is 3.04. The van der Waals surface area contributed by atoms with Crippen LogP contribution >= 0.6 is 15.9 Å². The van der Waals surface area contributed by atoms with Crippen LogP contribution in [0.15, 0.2) is 40.9 Å². The number of anilines is 2. The zero-order chi connectivity index (χ0) is 14.3. The highest BCUT2D eigenvalue weighted by Crippen LogP contribution is 2.35. The minimum absolute atomic E-state index is 0.0143. The second-order valence-corrected chi connectivity index (χ2v) is 5.83. The highest BCUT2D eigenvalue weighted by atomic mass is 79.9. The maximum Gasteiger partial charge on any atom is 0.258 e. The normalized spacial score (nSPS) is 13.4. The SMILES string of the molecule is Cc1c(Br)cccc1C(=O)N1CCc2cccc(N)c21. The quantitative estimate of drug-likeness (QED) is 0.813. The van der Waals surface area contributed by atoms with E-state index in [1.807, 2.05) is 43.3 Å². The number of hydrogen-bond acceptors (Lipinski definition) is 2. The maximum atomic E-state index is 12.8. The molecule has 1 heterocycles. The standard InChI is InChI=1S/C16H15BrN2O/c1-10-12(5-3-6-13(10)17)16(20)19-9-8-11-4-2-7-14(18)15(11)19/h2-7H,8-9,18H2,1H3. The van der Waals surface area contributed by atoms with Gasteiger partial charge in [-0.05, 0) is 42.7 Å². The molecule has 102 valence electrons. The van der Waals surface area contributed by atoms with E-state index in [1.165, 1.54) is 0 Å². The molecule has 3 rings (SSSR count). The molecular formula is C16H15BrN2O. The summed E-state index contributed by atoms with van der Waals surface area (Å²) in [6.07, 6.45) is 0.860. The summed E-state index contributed by atoms with van der Waals surface area (Å²) in [5, 5.41) is 0. The zero-order valence-electron chi connectivity index (χ0n) is 11.2. The number of para-hydroxylation sites is 1. The molecule has 0 fully saturated rings. The molecule has 0 radical (unpaired) electrons. The van der Waals surface area contributed by atoms with Crippen molar-refractivity contribution in [2.45, 2.75) is 13.3 Å². The summed E-state index contributed by atoms with van der Waals surface area (Å²) in [5.41, 5.74) is 10.4. The Morgan fingerprint density at radius 1 is 1.25 bits per heavy atom. The van der Waals surface area contributed by atoms with Gasteiger partial charge in [-0.25, -0.2) is 0 Å². The van der Waals surface area contributed by atoms with Crippen LogP contribution < -0.4 is 10.6 Å². The van der Waals surface area contributed by atoms with Gasteiger partial charge >= 0.3 is 0 Å². The van der Waals surface area contributed by atoms with Crippen molar-refractivity contribution < 1.29 is 4.79 Å². The Morgan fingerprint density at radius 3 is 2.80 bits per heavy atom. The third-order valence-corrected chi connectivity index (χ3v) is 4.63. The van der Waals surface area contributed by atoms with E-state index < -0.39 is 0 Å². The van der Waals surface area contributed by atoms with E-state index in [-0.39, 0.29) is 5.91 Å². The highest BCUT2D eigenvalue weighted by molar-refractivity contribution is 9.10. The van der Waals surface area contributed by atoms with Crippen molar-refractivity contribution in [2.75, 3.05) is 17.2 Å². The minimum atomic E-state index is 0.0143. The molecule has 0 bridgehead atoms. The number of nitrogens with zero attached hydrogens (tertiary/aromatic N) is 1. The van der Waals surface area contributed by atoms with Gasteiger partial charge in [0.25, 0.3) is 5.91 Å². The zero-order valence-corrected chi connectivity index (χ0v) is 12.8. The summed E-state index contributed by atoms with van der Waals surface area (Å²) in [7, 11) is 0. The van der Waals surface area contributed by atoms with Gasteiger partial charge in [-0.15, -0.1) is 0 Å². The fraction of sp³-hybridized carbons (Fsp3) is 0.188. The van der Waals surface area contributed by atoms with E-state index in [0.717, 1.165) is 33.3 Å². The number of benzene rings is 2. The van der Waals surface area contributed by atoms with Crippen LogP contribution in [0.3, 0.4) is 0 Å². The van der Waals surface area contributed by atoms with Gasteiger partial charge in [0, 0.05) is 16.6 Å². The second kappa shape index (κ2) is 4.94. The number of nitrogen functional groups attached to an aromatic ring is 1. The molecule has 0 unspecified atom stereocenters. The third-order valence-electron chi connectivity index (χ3n) is 3.77. The van der Waals surface area contributed by atoms with Crippen molar-refractivity contribution in [1.29, 1.82) is 0 Å². The van der Waals surface area contributed by atoms with Gasteiger partial charge in [-0.1, -0.05) is 34.1 Å². The predicted molar refractivity (Wildman–Crippen MR) is 85.1 cm³/mol. The monoisotopic (exact) mass is 330 g/mol. The molecule has 2 N–H and O–H groups in total. The Balaban J connectivity index is 2.04. The molecule has 1 aliphatic rings. The molecule has 0 spiro atoms. The molecule has 0 aliphatic carbocycles. The average molecular weight is 331 g/mol. The van der Waals surface area contributed by atoms with Crippen LogP contribution in [-0.4, -0.2) is 12.5 Å². The van der Waals surface area contributed by atoms with E-state index in [1.54, 1.807) is 4.90 Å². The van der Waals surface area contributed by atoms with Crippen molar-refractivity contribution in [2.24, 2.45) is 0 Å². The summed E-state index contributed by atoms with van der Waals surface area (Å²) >= 11 is 3.47. The van der Waals surface area contributed by atoms with Crippen molar-refractivity contribution in [3.63, 3.8) is 0 Å². The van der Waals surface area contributed by atoms with E-state index in [9.17, 15) is 4.79 Å². The Labute approximate surface area is 126 Å². The first-order chi connectivity index (χ1) is 9.59. The Kier molecular flexibility index (Phi) is 3.26. The fourth-order valence-electron chi connectivity index (χ4n) is 2.67. The number of hydrogen-bond donors (Lipinski definition) is 1. The van der Waals surface area contributed by atoms with Crippen molar-refractivity contribution in [3.8, 4) is 0 Å². The number of nitrogens with two attached hydrogens (primary N) is 1. The number of amides is 1. The molecule has 4 heteroatoms. The van der Waals surface area contributed by atoms with E-state index in [0.29, 0.717) is 12.2 Å². The first-order valence-corrected chi connectivity index (χ1v) is 7.33. The number of carbonyl (C=O) groups excluding carboxylic acids is 1. The summed E-state index contributed by atoms with van der Waals surface area (Å²) in [5.74, 6) is 0.0143. The van der Waals surface area contributed by atoms with E-state index >= 15 is 0 Å². The van der Waals surface area contributed by atoms with Gasteiger partial charge < -0.3 is 10.6 Å². The van der Waals surface area contributed by atoms with E-state index in [4.69, 9.17) is 5.73 Å². The van der Waals surface area contributed by atoms with E-state index in [2.05, 4.69) is 15.9 Å². The molecule has 0 aromatic heterocycles. The molecule has 0 saturated heterocycles. The molecular weight excluding hydrogens is 316 g/mol. The molecule has 2 aromatic rings. The molecule has 3 nitrogen and oxygen atoms in total. The Hall–Kier alpha value is -1.81. The number of rotatable bonds is 1. The molecule has 2 aromatic carbocycles. The Bertz CT molecular complexity index is 697. The smallest absolute Gasteiger partial charge is 0.258 e. The Morgan fingerprint density at radius 2 is 2.00 bits per heavy atom. The van der Waals surface area contributed by atoms with Gasteiger partial charge in [-0.2, -0.15) is 0 Å². The first kappa shape index (κ1) is 13.2.